The molecular weight excluding hydrogens is 709 g/mol. The number of nitrogens with zero attached hydrogens (tertiary/aromatic N) is 7. The van der Waals surface area contributed by atoms with Crippen LogP contribution in [0.4, 0.5) is 0 Å². The maximum atomic E-state index is 6.49. The molecule has 0 N–H and O–H groups in total. The Morgan fingerprint density at radius 3 is 1.32 bits per heavy atom. The van der Waals surface area contributed by atoms with Gasteiger partial charge in [0, 0.05) is 74.4 Å². The van der Waals surface area contributed by atoms with E-state index in [1.54, 1.807) is 0 Å². The molecule has 2 aromatic rings. The first-order chi connectivity index (χ1) is 23.8. The number of morpholine rings is 4. The smallest absolute Gasteiger partial charge is 0.151 e. The third-order valence-electron chi connectivity index (χ3n) is 10.3. The number of fused-ring (bicyclic) bond motifs is 1. The first-order valence-corrected chi connectivity index (χ1v) is 22.2. The Morgan fingerprint density at radius 1 is 0.600 bits per heavy atom. The van der Waals surface area contributed by atoms with E-state index in [1.165, 1.54) is 0 Å². The van der Waals surface area contributed by atoms with Crippen molar-refractivity contribution in [1.82, 2.24) is 23.1 Å². The van der Waals surface area contributed by atoms with E-state index in [2.05, 4.69) is 95.9 Å². The maximum absolute atomic E-state index is 6.49. The summed E-state index contributed by atoms with van der Waals surface area (Å²) in [4.78, 5) is 1.26. The van der Waals surface area contributed by atoms with Crippen molar-refractivity contribution in [3.63, 3.8) is 0 Å². The van der Waals surface area contributed by atoms with Crippen molar-refractivity contribution < 1.29 is 18.9 Å². The number of ether oxygens (including phenoxy) is 4. The minimum absolute atomic E-state index is 0.157. The lowest BCUT2D eigenvalue weighted by Crippen LogP contribution is -2.48. The van der Waals surface area contributed by atoms with E-state index in [1.807, 2.05) is 0 Å². The van der Waals surface area contributed by atoms with E-state index in [0.29, 0.717) is 62.8 Å². The van der Waals surface area contributed by atoms with Crippen LogP contribution < -0.4 is 0 Å². The fourth-order valence-electron chi connectivity index (χ4n) is 8.16. The quantitative estimate of drug-likeness (QED) is 0.238. The summed E-state index contributed by atoms with van der Waals surface area (Å²) >= 11 is 13.0. The van der Waals surface area contributed by atoms with Gasteiger partial charge in [0.05, 0.1) is 64.1 Å². The van der Waals surface area contributed by atoms with Crippen LogP contribution in [0, 0.1) is 6.92 Å². The lowest BCUT2D eigenvalue weighted by atomic mass is 10.1. The van der Waals surface area contributed by atoms with E-state index in [-0.39, 0.29) is 10.3 Å². The normalized spacial score (nSPS) is 21.7. The van der Waals surface area contributed by atoms with Gasteiger partial charge in [-0.25, -0.2) is 9.49 Å². The van der Waals surface area contributed by atoms with Crippen molar-refractivity contribution in [3.8, 4) is 0 Å². The highest BCUT2D eigenvalue weighted by atomic mass is 32.1. The second-order valence-electron chi connectivity index (χ2n) is 15.4. The second kappa shape index (κ2) is 15.8. The number of rotatable bonds is 6. The van der Waals surface area contributed by atoms with E-state index in [0.717, 1.165) is 74.7 Å². The van der Waals surface area contributed by atoms with E-state index in [9.17, 15) is 0 Å². The molecule has 278 valence electrons. The number of thiocarbonyl (C=S) groups is 2. The van der Waals surface area contributed by atoms with Gasteiger partial charge in [-0.15, -0.1) is 0 Å². The molecule has 4 fully saturated rings. The summed E-state index contributed by atoms with van der Waals surface area (Å²) in [7, 11) is -4.73. The summed E-state index contributed by atoms with van der Waals surface area (Å²) in [6.45, 7) is 28.4. The Labute approximate surface area is 310 Å². The third-order valence-corrected chi connectivity index (χ3v) is 20.5. The van der Waals surface area contributed by atoms with Gasteiger partial charge < -0.3 is 23.3 Å². The highest BCUT2D eigenvalue weighted by molar-refractivity contribution is 7.82. The summed E-state index contributed by atoms with van der Waals surface area (Å²) in [6, 6.07) is 6.29. The molecular formula is C35H57N7O4P2S2. The number of hydrogen-bond acceptors (Lipinski definition) is 6. The molecule has 11 nitrogen and oxygen atoms in total. The van der Waals surface area contributed by atoms with Crippen molar-refractivity contribution in [2.45, 2.75) is 58.8 Å². The molecule has 4 saturated heterocycles. The lowest BCUT2D eigenvalue weighted by Gasteiger charge is -2.52. The van der Waals surface area contributed by atoms with Crippen LogP contribution >= 0.6 is 39.1 Å². The molecule has 0 atom stereocenters. The summed E-state index contributed by atoms with van der Waals surface area (Å²) in [5.74, 6) is 0. The third kappa shape index (κ3) is 7.17. The van der Waals surface area contributed by atoms with Gasteiger partial charge in [-0.3, -0.25) is 18.7 Å². The van der Waals surface area contributed by atoms with Gasteiger partial charge in [-0.05, 0) is 24.6 Å². The van der Waals surface area contributed by atoms with Crippen LogP contribution in [0.25, 0.3) is 5.52 Å². The molecule has 4 aliphatic heterocycles. The second-order valence-corrected chi connectivity index (χ2v) is 23.7. The topological polar surface area (TPSA) is 79.0 Å². The van der Waals surface area contributed by atoms with Crippen LogP contribution in [0.2, 0.25) is 0 Å². The SMILES string of the molecule is Cc1c(C(=S)N=P(N2CCOCC2)(N2CCOCC2)C(C)(C)C)c2ccccn2c1C(=S)N=P(N1CCOCC1)(N1CCOCC1)C(C)(C)C. The highest BCUT2D eigenvalue weighted by Gasteiger charge is 2.47. The Bertz CT molecular complexity index is 1500. The first-order valence-electron chi connectivity index (χ1n) is 18.1. The van der Waals surface area contributed by atoms with Gasteiger partial charge in [0.25, 0.3) is 0 Å². The van der Waals surface area contributed by atoms with Gasteiger partial charge in [-0.1, -0.05) is 72.0 Å². The Kier molecular flexibility index (Phi) is 12.3. The van der Waals surface area contributed by atoms with Crippen molar-refractivity contribution in [1.29, 1.82) is 0 Å². The van der Waals surface area contributed by atoms with Gasteiger partial charge in [0.2, 0.25) is 0 Å². The van der Waals surface area contributed by atoms with Crippen LogP contribution in [0.1, 0.15) is 58.4 Å². The zero-order chi connectivity index (χ0) is 35.7. The van der Waals surface area contributed by atoms with Crippen LogP contribution in [0.15, 0.2) is 33.9 Å². The summed E-state index contributed by atoms with van der Waals surface area (Å²) in [5.41, 5.74) is 3.95. The molecule has 0 amide bonds. The predicted octanol–water partition coefficient (Wildman–Crippen LogP) is 6.59. The molecule has 6 rings (SSSR count). The van der Waals surface area contributed by atoms with Gasteiger partial charge >= 0.3 is 0 Å². The Balaban J connectivity index is 1.54. The van der Waals surface area contributed by atoms with Gasteiger partial charge in [0.15, 0.2) is 4.99 Å². The van der Waals surface area contributed by atoms with Crippen molar-refractivity contribution in [2.24, 2.45) is 9.49 Å². The van der Waals surface area contributed by atoms with Crippen molar-refractivity contribution in [3.05, 3.63) is 41.2 Å². The van der Waals surface area contributed by atoms with Crippen LogP contribution in [0.5, 0.6) is 0 Å². The van der Waals surface area contributed by atoms with E-state index in [4.69, 9.17) is 52.9 Å². The Morgan fingerprint density at radius 2 is 0.960 bits per heavy atom. The lowest BCUT2D eigenvalue weighted by molar-refractivity contribution is 0.0550. The Hall–Kier alpha value is -0.920. The summed E-state index contributed by atoms with van der Waals surface area (Å²) in [5, 5.41) is -0.316. The number of pyridine rings is 1. The molecule has 2 aromatic heterocycles. The molecule has 4 aliphatic rings. The molecule has 50 heavy (non-hydrogen) atoms. The number of aromatic nitrogens is 1. The van der Waals surface area contributed by atoms with Crippen molar-refractivity contribution in [2.75, 3.05) is 105 Å². The largest absolute Gasteiger partial charge is 0.379 e. The highest BCUT2D eigenvalue weighted by Crippen LogP contribution is 2.68. The minimum Gasteiger partial charge on any atom is -0.379 e. The molecule has 0 unspecified atom stereocenters. The van der Waals surface area contributed by atoms with E-state index >= 15 is 0 Å². The average molecular weight is 766 g/mol. The molecule has 15 heteroatoms. The van der Waals surface area contributed by atoms with Crippen LogP contribution in [-0.2, 0) is 18.9 Å². The standard InChI is InChI=1S/C35H57N7O4P2S2/c1-28-30(32(49)36-47(34(2,3)4,38-12-20-43-21-13-38)39-14-22-44-23-15-39)29-10-8-9-11-42(29)31(28)33(50)37-48(35(5,6)7,40-16-24-45-25-17-40)41-18-26-46-27-19-41/h8-11H,12-27H2,1-7H3. The fraction of sp³-hybridized carbons (Fsp3) is 0.714. The van der Waals surface area contributed by atoms with Crippen molar-refractivity contribution >= 4 is 54.6 Å². The molecule has 0 saturated carbocycles. The van der Waals surface area contributed by atoms with Gasteiger partial charge in [-0.2, -0.15) is 0 Å². The molecule has 0 aromatic carbocycles. The molecule has 0 aliphatic carbocycles. The fourth-order valence-corrected chi connectivity index (χ4v) is 18.1. The van der Waals surface area contributed by atoms with Crippen LogP contribution in [-0.4, -0.2) is 149 Å². The molecule has 0 spiro atoms. The number of hydrogen-bond donors (Lipinski definition) is 0. The minimum atomic E-state index is -2.37. The average Bonchev–Trinajstić information content (AvgIpc) is 3.41. The predicted molar refractivity (Wildman–Crippen MR) is 213 cm³/mol. The molecule has 6 heterocycles. The maximum Gasteiger partial charge on any atom is 0.151 e. The molecule has 0 bridgehead atoms. The monoisotopic (exact) mass is 765 g/mol. The summed E-state index contributed by atoms with van der Waals surface area (Å²) in [6.07, 6.45) is 2.10. The zero-order valence-corrected chi connectivity index (χ0v) is 34.5. The van der Waals surface area contributed by atoms with Crippen LogP contribution in [0.3, 0.4) is 0 Å². The first kappa shape index (κ1) is 38.8. The van der Waals surface area contributed by atoms with Gasteiger partial charge in [0.1, 0.15) is 19.7 Å². The zero-order valence-electron chi connectivity index (χ0n) is 31.1. The summed E-state index contributed by atoms with van der Waals surface area (Å²) < 4.78 is 47.6. The van der Waals surface area contributed by atoms with E-state index < -0.39 is 14.7 Å². The molecule has 0 radical (unpaired) electrons.